The van der Waals surface area contributed by atoms with Crippen molar-refractivity contribution in [2.45, 2.75) is 32.3 Å². The van der Waals surface area contributed by atoms with Crippen molar-refractivity contribution in [3.8, 4) is 5.75 Å². The van der Waals surface area contributed by atoms with E-state index in [1.165, 1.54) is 18.7 Å². The highest BCUT2D eigenvalue weighted by Gasteiger charge is 2.19. The molecule has 0 aliphatic heterocycles. The van der Waals surface area contributed by atoms with E-state index in [0.29, 0.717) is 5.56 Å². The predicted molar refractivity (Wildman–Crippen MR) is 82.2 cm³/mol. The first-order valence-corrected chi connectivity index (χ1v) is 6.95. The minimum absolute atomic E-state index is 0.0463. The van der Waals surface area contributed by atoms with Crippen LogP contribution >= 0.6 is 0 Å². The molecule has 21 heavy (non-hydrogen) atoms. The van der Waals surface area contributed by atoms with Gasteiger partial charge >= 0.3 is 0 Å². The summed E-state index contributed by atoms with van der Waals surface area (Å²) in [7, 11) is 1.41. The Bertz CT molecular complexity index is 612. The number of hydrogen-bond acceptors (Lipinski definition) is 2. The molecule has 0 aliphatic rings. The molecule has 2 nitrogen and oxygen atoms in total. The van der Waals surface area contributed by atoms with Crippen LogP contribution in [-0.4, -0.2) is 12.2 Å². The lowest BCUT2D eigenvalue weighted by Crippen LogP contribution is -2.11. The highest BCUT2D eigenvalue weighted by molar-refractivity contribution is 5.38. The molecule has 0 saturated carbocycles. The van der Waals surface area contributed by atoms with Gasteiger partial charge in [-0.2, -0.15) is 0 Å². The van der Waals surface area contributed by atoms with Gasteiger partial charge in [0.05, 0.1) is 7.11 Å². The highest BCUT2D eigenvalue weighted by atomic mass is 19.1. The van der Waals surface area contributed by atoms with Gasteiger partial charge < -0.3 is 9.84 Å². The number of aliphatic hydroxyl groups excluding tert-OH is 1. The van der Waals surface area contributed by atoms with E-state index < -0.39 is 11.9 Å². The van der Waals surface area contributed by atoms with Crippen molar-refractivity contribution in [1.29, 1.82) is 0 Å². The van der Waals surface area contributed by atoms with E-state index in [-0.39, 0.29) is 16.7 Å². The Morgan fingerprint density at radius 3 is 2.19 bits per heavy atom. The van der Waals surface area contributed by atoms with Gasteiger partial charge in [0.2, 0.25) is 0 Å². The summed E-state index contributed by atoms with van der Waals surface area (Å²) in [5, 5.41) is 10.4. The average Bonchev–Trinajstić information content (AvgIpc) is 2.46. The van der Waals surface area contributed by atoms with Crippen molar-refractivity contribution in [2.75, 3.05) is 7.11 Å². The van der Waals surface area contributed by atoms with E-state index in [0.717, 1.165) is 0 Å². The van der Waals surface area contributed by atoms with Crippen molar-refractivity contribution in [1.82, 2.24) is 0 Å². The van der Waals surface area contributed by atoms with E-state index in [1.807, 2.05) is 24.3 Å². The van der Waals surface area contributed by atoms with Gasteiger partial charge in [-0.1, -0.05) is 57.2 Å². The van der Waals surface area contributed by atoms with Gasteiger partial charge in [0, 0.05) is 5.56 Å². The summed E-state index contributed by atoms with van der Waals surface area (Å²) < 4.78 is 19.1. The third-order valence-corrected chi connectivity index (χ3v) is 3.60. The number of ether oxygens (including phenoxy) is 1. The van der Waals surface area contributed by atoms with E-state index in [4.69, 9.17) is 4.74 Å². The summed E-state index contributed by atoms with van der Waals surface area (Å²) in [6, 6.07) is 12.4. The molecule has 0 amide bonds. The highest BCUT2D eigenvalue weighted by Crippen LogP contribution is 2.30. The molecule has 3 heteroatoms. The number of halogens is 1. The summed E-state index contributed by atoms with van der Waals surface area (Å²) in [5.74, 6) is -0.384. The van der Waals surface area contributed by atoms with Crippen LogP contribution in [0.5, 0.6) is 5.75 Å². The molecular weight excluding hydrogens is 267 g/mol. The zero-order valence-electron chi connectivity index (χ0n) is 12.9. The van der Waals surface area contributed by atoms with Crippen LogP contribution < -0.4 is 4.74 Å². The van der Waals surface area contributed by atoms with Gasteiger partial charge in [-0.25, -0.2) is 4.39 Å². The van der Waals surface area contributed by atoms with Crippen LogP contribution in [0.4, 0.5) is 4.39 Å². The SMILES string of the molecule is COc1cccc(C(O)c2ccc(C(C)(C)C)cc2)c1F. The number of rotatable bonds is 3. The quantitative estimate of drug-likeness (QED) is 0.916. The largest absolute Gasteiger partial charge is 0.494 e. The van der Waals surface area contributed by atoms with E-state index >= 15 is 0 Å². The molecule has 1 atom stereocenters. The Balaban J connectivity index is 2.34. The van der Waals surface area contributed by atoms with Crippen LogP contribution in [-0.2, 0) is 5.41 Å². The van der Waals surface area contributed by atoms with Crippen LogP contribution in [0.25, 0.3) is 0 Å². The summed E-state index contributed by atoms with van der Waals surface area (Å²) in [4.78, 5) is 0. The van der Waals surface area contributed by atoms with Gasteiger partial charge in [0.15, 0.2) is 11.6 Å². The lowest BCUT2D eigenvalue weighted by atomic mass is 9.86. The maximum atomic E-state index is 14.2. The Morgan fingerprint density at radius 2 is 1.67 bits per heavy atom. The molecule has 112 valence electrons. The first-order valence-electron chi connectivity index (χ1n) is 6.95. The van der Waals surface area contributed by atoms with Crippen LogP contribution in [0, 0.1) is 5.82 Å². The van der Waals surface area contributed by atoms with E-state index in [1.54, 1.807) is 12.1 Å². The minimum Gasteiger partial charge on any atom is -0.494 e. The third kappa shape index (κ3) is 3.24. The molecule has 0 spiro atoms. The predicted octanol–water partition coefficient (Wildman–Crippen LogP) is 4.21. The fraction of sp³-hybridized carbons (Fsp3) is 0.333. The Hall–Kier alpha value is -1.87. The van der Waals surface area contributed by atoms with Crippen molar-refractivity contribution in [2.24, 2.45) is 0 Å². The Morgan fingerprint density at radius 1 is 1.05 bits per heavy atom. The molecule has 0 aliphatic carbocycles. The molecule has 2 rings (SSSR count). The van der Waals surface area contributed by atoms with Gasteiger partial charge in [-0.05, 0) is 22.6 Å². The number of benzene rings is 2. The molecule has 0 radical (unpaired) electrons. The molecule has 2 aromatic rings. The molecule has 2 aromatic carbocycles. The van der Waals surface area contributed by atoms with Gasteiger partial charge in [0.25, 0.3) is 0 Å². The standard InChI is InChI=1S/C18H21FO2/c1-18(2,3)13-10-8-12(9-11-13)17(20)14-6-5-7-15(21-4)16(14)19/h5-11,17,20H,1-4H3. The first-order chi connectivity index (χ1) is 9.84. The molecule has 0 heterocycles. The number of aliphatic hydroxyl groups is 1. The van der Waals surface area contributed by atoms with Gasteiger partial charge in [0.1, 0.15) is 6.10 Å². The number of methoxy groups -OCH3 is 1. The fourth-order valence-electron chi connectivity index (χ4n) is 2.24. The summed E-state index contributed by atoms with van der Waals surface area (Å²) in [5.41, 5.74) is 2.10. The molecule has 0 aromatic heterocycles. The number of hydrogen-bond donors (Lipinski definition) is 1. The molecule has 1 N–H and O–H groups in total. The van der Waals surface area contributed by atoms with E-state index in [9.17, 15) is 9.50 Å². The zero-order chi connectivity index (χ0) is 15.6. The second-order valence-electron chi connectivity index (χ2n) is 6.14. The molecule has 0 fully saturated rings. The molecule has 0 bridgehead atoms. The second-order valence-corrected chi connectivity index (χ2v) is 6.14. The van der Waals surface area contributed by atoms with E-state index in [2.05, 4.69) is 20.8 Å². The van der Waals surface area contributed by atoms with Gasteiger partial charge in [-0.3, -0.25) is 0 Å². The Kier molecular flexibility index (Phi) is 4.33. The van der Waals surface area contributed by atoms with Crippen molar-refractivity contribution >= 4 is 0 Å². The molecule has 0 saturated heterocycles. The van der Waals surface area contributed by atoms with Gasteiger partial charge in [-0.15, -0.1) is 0 Å². The Labute approximate surface area is 125 Å². The van der Waals surface area contributed by atoms with Crippen LogP contribution in [0.3, 0.4) is 0 Å². The normalized spacial score (nSPS) is 13.0. The monoisotopic (exact) mass is 288 g/mol. The van der Waals surface area contributed by atoms with Crippen LogP contribution in [0.1, 0.15) is 43.6 Å². The smallest absolute Gasteiger partial charge is 0.171 e. The van der Waals surface area contributed by atoms with Crippen molar-refractivity contribution < 1.29 is 14.2 Å². The average molecular weight is 288 g/mol. The third-order valence-electron chi connectivity index (χ3n) is 3.60. The maximum absolute atomic E-state index is 14.2. The summed E-state index contributed by atoms with van der Waals surface area (Å²) in [6.07, 6.45) is -1.01. The topological polar surface area (TPSA) is 29.5 Å². The minimum atomic E-state index is -1.01. The fourth-order valence-corrected chi connectivity index (χ4v) is 2.24. The summed E-state index contributed by atoms with van der Waals surface area (Å²) >= 11 is 0. The lowest BCUT2D eigenvalue weighted by molar-refractivity contribution is 0.213. The summed E-state index contributed by atoms with van der Waals surface area (Å²) in [6.45, 7) is 6.38. The van der Waals surface area contributed by atoms with Crippen molar-refractivity contribution in [3.05, 3.63) is 65.0 Å². The van der Waals surface area contributed by atoms with Crippen LogP contribution in [0.2, 0.25) is 0 Å². The molecular formula is C18H21FO2. The maximum Gasteiger partial charge on any atom is 0.171 e. The van der Waals surface area contributed by atoms with Crippen molar-refractivity contribution in [3.63, 3.8) is 0 Å². The first kappa shape index (κ1) is 15.5. The lowest BCUT2D eigenvalue weighted by Gasteiger charge is -2.20. The zero-order valence-corrected chi connectivity index (χ0v) is 12.9. The molecule has 1 unspecified atom stereocenters. The second kappa shape index (κ2) is 5.86. The van der Waals surface area contributed by atoms with Crippen LogP contribution in [0.15, 0.2) is 42.5 Å².